The maximum absolute atomic E-state index is 10.5. The second kappa shape index (κ2) is 3.87. The molecule has 0 bridgehead atoms. The second-order valence-corrected chi connectivity index (χ2v) is 6.06. The van der Waals surface area contributed by atoms with Crippen molar-refractivity contribution in [1.82, 2.24) is 0 Å². The highest BCUT2D eigenvalue weighted by Crippen LogP contribution is 2.43. The predicted octanol–water partition coefficient (Wildman–Crippen LogP) is 3.16. The Morgan fingerprint density at radius 3 is 2.57 bits per heavy atom. The van der Waals surface area contributed by atoms with E-state index in [2.05, 4.69) is 22.9 Å². The lowest BCUT2D eigenvalue weighted by atomic mass is 9.89. The van der Waals surface area contributed by atoms with Gasteiger partial charge in [-0.3, -0.25) is 0 Å². The predicted molar refractivity (Wildman–Crippen MR) is 64.6 cm³/mol. The number of halogens is 1. The normalized spacial score (nSPS) is 32.1. The van der Waals surface area contributed by atoms with Crippen molar-refractivity contribution in [3.8, 4) is 0 Å². The van der Waals surface area contributed by atoms with Crippen LogP contribution >= 0.6 is 27.7 Å². The average molecular weight is 273 g/mol. The van der Waals surface area contributed by atoms with Crippen molar-refractivity contribution >= 4 is 27.7 Å². The molecule has 1 saturated heterocycles. The van der Waals surface area contributed by atoms with Gasteiger partial charge in [-0.1, -0.05) is 35.0 Å². The minimum Gasteiger partial charge on any atom is -0.384 e. The average Bonchev–Trinajstić information content (AvgIpc) is 2.49. The van der Waals surface area contributed by atoms with E-state index in [1.807, 2.05) is 36.0 Å². The molecule has 2 rings (SSSR count). The van der Waals surface area contributed by atoms with Crippen LogP contribution in [0.25, 0.3) is 0 Å². The molecule has 1 heterocycles. The number of aliphatic hydroxyl groups is 1. The third-order valence-electron chi connectivity index (χ3n) is 2.87. The molecule has 3 heteroatoms. The Kier molecular flexibility index (Phi) is 2.91. The Morgan fingerprint density at radius 1 is 1.43 bits per heavy atom. The maximum atomic E-state index is 10.5. The molecular weight excluding hydrogens is 260 g/mol. The Hall–Kier alpha value is 0.01000. The van der Waals surface area contributed by atoms with Gasteiger partial charge in [-0.2, -0.15) is 11.8 Å². The van der Waals surface area contributed by atoms with E-state index in [1.54, 1.807) is 0 Å². The van der Waals surface area contributed by atoms with E-state index in [0.29, 0.717) is 5.25 Å². The number of thioether (sulfide) groups is 1. The van der Waals surface area contributed by atoms with Gasteiger partial charge in [0.05, 0.1) is 0 Å². The fourth-order valence-electron chi connectivity index (χ4n) is 1.85. The zero-order chi connectivity index (χ0) is 10.2. The molecule has 1 aliphatic heterocycles. The lowest BCUT2D eigenvalue weighted by Crippen LogP contribution is -2.31. The Balaban J connectivity index is 2.34. The molecule has 0 aliphatic carbocycles. The van der Waals surface area contributed by atoms with E-state index >= 15 is 0 Å². The summed E-state index contributed by atoms with van der Waals surface area (Å²) in [5.74, 6) is 1.05. The van der Waals surface area contributed by atoms with E-state index in [4.69, 9.17) is 0 Å². The highest BCUT2D eigenvalue weighted by Gasteiger charge is 2.40. The zero-order valence-corrected chi connectivity index (χ0v) is 10.4. The molecule has 1 aromatic carbocycles. The largest absolute Gasteiger partial charge is 0.384 e. The third-order valence-corrected chi connectivity index (χ3v) is 4.73. The van der Waals surface area contributed by atoms with E-state index in [1.165, 1.54) is 0 Å². The van der Waals surface area contributed by atoms with Crippen LogP contribution in [0.2, 0.25) is 0 Å². The monoisotopic (exact) mass is 272 g/mol. The van der Waals surface area contributed by atoms with E-state index in [0.717, 1.165) is 22.2 Å². The lowest BCUT2D eigenvalue weighted by molar-refractivity contribution is 0.0427. The van der Waals surface area contributed by atoms with Gasteiger partial charge in [-0.25, -0.2) is 0 Å². The fourth-order valence-corrected chi connectivity index (χ4v) is 3.43. The van der Waals surface area contributed by atoms with Gasteiger partial charge in [0.1, 0.15) is 5.60 Å². The molecule has 0 radical (unpaired) electrons. The van der Waals surface area contributed by atoms with Crippen molar-refractivity contribution < 1.29 is 5.11 Å². The number of hydrogen-bond donors (Lipinski definition) is 1. The van der Waals surface area contributed by atoms with Crippen LogP contribution in [0.1, 0.15) is 18.9 Å². The van der Waals surface area contributed by atoms with Crippen molar-refractivity contribution in [2.45, 2.75) is 24.2 Å². The second-order valence-electron chi connectivity index (χ2n) is 3.69. The lowest BCUT2D eigenvalue weighted by Gasteiger charge is -2.27. The summed E-state index contributed by atoms with van der Waals surface area (Å²) in [5.41, 5.74) is 0.420. The van der Waals surface area contributed by atoms with E-state index in [9.17, 15) is 5.11 Å². The van der Waals surface area contributed by atoms with Crippen molar-refractivity contribution in [3.05, 3.63) is 34.3 Å². The first-order chi connectivity index (χ1) is 6.63. The van der Waals surface area contributed by atoms with Crippen molar-refractivity contribution in [1.29, 1.82) is 0 Å². The van der Waals surface area contributed by atoms with Crippen LogP contribution in [0.3, 0.4) is 0 Å². The van der Waals surface area contributed by atoms with Gasteiger partial charge in [-0.05, 0) is 29.9 Å². The molecule has 0 unspecified atom stereocenters. The molecule has 0 amide bonds. The molecular formula is C11H13BrOS. The minimum atomic E-state index is -0.620. The van der Waals surface area contributed by atoms with Crippen LogP contribution in [0, 0.1) is 0 Å². The van der Waals surface area contributed by atoms with Gasteiger partial charge < -0.3 is 5.11 Å². The fraction of sp³-hybridized carbons (Fsp3) is 0.455. The Morgan fingerprint density at radius 2 is 2.07 bits per heavy atom. The van der Waals surface area contributed by atoms with Gasteiger partial charge >= 0.3 is 0 Å². The summed E-state index contributed by atoms with van der Waals surface area (Å²) in [6.45, 7) is 2.10. The molecule has 0 aromatic heterocycles. The summed E-state index contributed by atoms with van der Waals surface area (Å²) < 4.78 is 1.06. The van der Waals surface area contributed by atoms with Crippen LogP contribution in [0.5, 0.6) is 0 Å². The highest BCUT2D eigenvalue weighted by atomic mass is 79.9. The number of rotatable bonds is 1. The van der Waals surface area contributed by atoms with E-state index in [-0.39, 0.29) is 0 Å². The van der Waals surface area contributed by atoms with Crippen LogP contribution in [-0.2, 0) is 5.60 Å². The van der Waals surface area contributed by atoms with Crippen LogP contribution in [-0.4, -0.2) is 16.1 Å². The standard InChI is InChI=1S/C11H13BrOS/c1-8-11(13,6-7-14-8)9-2-4-10(12)5-3-9/h2-5,8,13H,6-7H2,1H3/t8-,11-/m1/s1. The van der Waals surface area contributed by atoms with Crippen molar-refractivity contribution in [3.63, 3.8) is 0 Å². The number of benzene rings is 1. The van der Waals surface area contributed by atoms with Gasteiger partial charge in [0, 0.05) is 9.72 Å². The van der Waals surface area contributed by atoms with Crippen molar-refractivity contribution in [2.75, 3.05) is 5.75 Å². The summed E-state index contributed by atoms with van der Waals surface area (Å²) in [5, 5.41) is 10.8. The first-order valence-electron chi connectivity index (χ1n) is 4.73. The molecule has 1 aliphatic rings. The minimum absolute atomic E-state index is 0.295. The molecule has 1 nitrogen and oxygen atoms in total. The van der Waals surface area contributed by atoms with Gasteiger partial charge in [0.2, 0.25) is 0 Å². The SMILES string of the molecule is C[C@H]1SCC[C@]1(O)c1ccc(Br)cc1. The third kappa shape index (κ3) is 1.73. The van der Waals surface area contributed by atoms with Crippen LogP contribution < -0.4 is 0 Å². The summed E-state index contributed by atoms with van der Waals surface area (Å²) in [7, 11) is 0. The summed E-state index contributed by atoms with van der Waals surface area (Å²) in [4.78, 5) is 0. The molecule has 0 spiro atoms. The van der Waals surface area contributed by atoms with Gasteiger partial charge in [-0.15, -0.1) is 0 Å². The molecule has 0 saturated carbocycles. The molecule has 1 N–H and O–H groups in total. The maximum Gasteiger partial charge on any atom is 0.102 e. The van der Waals surface area contributed by atoms with Gasteiger partial charge in [0.25, 0.3) is 0 Å². The van der Waals surface area contributed by atoms with Crippen molar-refractivity contribution in [2.24, 2.45) is 0 Å². The summed E-state index contributed by atoms with van der Waals surface area (Å²) in [6.07, 6.45) is 0.862. The molecule has 76 valence electrons. The quantitative estimate of drug-likeness (QED) is 0.848. The first kappa shape index (κ1) is 10.5. The Labute approximate surface area is 97.0 Å². The van der Waals surface area contributed by atoms with Crippen LogP contribution in [0.4, 0.5) is 0 Å². The number of hydrogen-bond acceptors (Lipinski definition) is 2. The van der Waals surface area contributed by atoms with E-state index < -0.39 is 5.60 Å². The summed E-state index contributed by atoms with van der Waals surface area (Å²) >= 11 is 5.24. The Bertz CT molecular complexity index is 325. The molecule has 14 heavy (non-hydrogen) atoms. The molecule has 1 aromatic rings. The molecule has 2 atom stereocenters. The first-order valence-corrected chi connectivity index (χ1v) is 6.57. The highest BCUT2D eigenvalue weighted by molar-refractivity contribution is 9.10. The molecule has 1 fully saturated rings. The zero-order valence-electron chi connectivity index (χ0n) is 8.03. The topological polar surface area (TPSA) is 20.2 Å². The van der Waals surface area contributed by atoms with Gasteiger partial charge in [0.15, 0.2) is 0 Å². The van der Waals surface area contributed by atoms with Crippen LogP contribution in [0.15, 0.2) is 28.7 Å². The summed E-state index contributed by atoms with van der Waals surface area (Å²) in [6, 6.07) is 7.99. The smallest absolute Gasteiger partial charge is 0.102 e.